The third kappa shape index (κ3) is 3.72. The van der Waals surface area contributed by atoms with E-state index in [1.54, 1.807) is 12.1 Å². The van der Waals surface area contributed by atoms with Gasteiger partial charge in [-0.25, -0.2) is 8.42 Å². The molecule has 0 spiro atoms. The second kappa shape index (κ2) is 6.56. The van der Waals surface area contributed by atoms with Crippen molar-refractivity contribution in [2.75, 3.05) is 17.9 Å². The van der Waals surface area contributed by atoms with Crippen molar-refractivity contribution < 1.29 is 17.9 Å². The second-order valence-electron chi connectivity index (χ2n) is 5.22. The van der Waals surface area contributed by atoms with Gasteiger partial charge in [0, 0.05) is 16.1 Å². The predicted octanol–water partition coefficient (Wildman–Crippen LogP) is 3.56. The Labute approximate surface area is 149 Å². The largest absolute Gasteiger partial charge is 0.490 e. The topological polar surface area (TPSA) is 64.6 Å². The van der Waals surface area contributed by atoms with E-state index in [1.807, 2.05) is 19.1 Å². The Balaban J connectivity index is 1.92. The Morgan fingerprint density at radius 3 is 2.52 bits per heavy atom. The van der Waals surface area contributed by atoms with E-state index in [0.29, 0.717) is 30.4 Å². The van der Waals surface area contributed by atoms with Crippen LogP contribution < -0.4 is 14.2 Å². The molecule has 0 saturated heterocycles. The molecule has 2 aromatic carbocycles. The summed E-state index contributed by atoms with van der Waals surface area (Å²) in [4.78, 5) is 0.153. The number of benzene rings is 2. The minimum atomic E-state index is -3.68. The van der Waals surface area contributed by atoms with Crippen molar-refractivity contribution in [3.05, 3.63) is 45.5 Å². The van der Waals surface area contributed by atoms with Crippen LogP contribution in [0.3, 0.4) is 0 Å². The SMILES string of the molecule is Cc1cc(I)ccc1NS(=O)(=O)c1ccc2c(c1)OCCCO2. The monoisotopic (exact) mass is 445 g/mol. The Morgan fingerprint density at radius 1 is 1.04 bits per heavy atom. The maximum absolute atomic E-state index is 12.6. The number of anilines is 1. The van der Waals surface area contributed by atoms with E-state index >= 15 is 0 Å². The number of ether oxygens (including phenoxy) is 2. The predicted molar refractivity (Wildman–Crippen MR) is 96.8 cm³/mol. The number of fused-ring (bicyclic) bond motifs is 1. The average molecular weight is 445 g/mol. The van der Waals surface area contributed by atoms with Gasteiger partial charge in [0.2, 0.25) is 0 Å². The fraction of sp³-hybridized carbons (Fsp3) is 0.250. The van der Waals surface area contributed by atoms with Crippen molar-refractivity contribution in [1.29, 1.82) is 0 Å². The minimum Gasteiger partial charge on any atom is -0.490 e. The number of nitrogens with one attached hydrogen (secondary N) is 1. The van der Waals surface area contributed by atoms with E-state index in [-0.39, 0.29) is 4.90 Å². The van der Waals surface area contributed by atoms with E-state index in [1.165, 1.54) is 12.1 Å². The van der Waals surface area contributed by atoms with E-state index in [2.05, 4.69) is 27.3 Å². The molecule has 0 aromatic heterocycles. The normalized spacial score (nSPS) is 14.2. The number of hydrogen-bond acceptors (Lipinski definition) is 4. The van der Waals surface area contributed by atoms with E-state index < -0.39 is 10.0 Å². The zero-order valence-corrected chi connectivity index (χ0v) is 15.5. The van der Waals surface area contributed by atoms with Gasteiger partial charge in [0.15, 0.2) is 11.5 Å². The summed E-state index contributed by atoms with van der Waals surface area (Å²) in [5, 5.41) is 0. The standard InChI is InChI=1S/C16H16INO4S/c1-11-9-12(17)3-5-14(11)18-23(19,20)13-4-6-15-16(10-13)22-8-2-7-21-15/h3-6,9-10,18H,2,7-8H2,1H3. The highest BCUT2D eigenvalue weighted by atomic mass is 127. The first-order valence-corrected chi connectivity index (χ1v) is 9.70. The van der Waals surface area contributed by atoms with Crippen molar-refractivity contribution in [2.24, 2.45) is 0 Å². The molecule has 1 N–H and O–H groups in total. The molecule has 0 fully saturated rings. The summed E-state index contributed by atoms with van der Waals surface area (Å²) in [6, 6.07) is 10.2. The highest BCUT2D eigenvalue weighted by Crippen LogP contribution is 2.32. The summed E-state index contributed by atoms with van der Waals surface area (Å²) in [6.07, 6.45) is 0.775. The highest BCUT2D eigenvalue weighted by molar-refractivity contribution is 14.1. The lowest BCUT2D eigenvalue weighted by atomic mass is 10.2. The van der Waals surface area contributed by atoms with E-state index in [0.717, 1.165) is 15.6 Å². The summed E-state index contributed by atoms with van der Waals surface area (Å²) in [5.74, 6) is 1.04. The van der Waals surface area contributed by atoms with E-state index in [4.69, 9.17) is 9.47 Å². The molecule has 0 saturated carbocycles. The van der Waals surface area contributed by atoms with Gasteiger partial charge in [0.25, 0.3) is 10.0 Å². The van der Waals surface area contributed by atoms with Gasteiger partial charge in [-0.1, -0.05) is 0 Å². The molecule has 3 rings (SSSR count). The van der Waals surface area contributed by atoms with Crippen LogP contribution in [0.5, 0.6) is 11.5 Å². The molecule has 0 atom stereocenters. The van der Waals surface area contributed by atoms with Gasteiger partial charge in [0.05, 0.1) is 23.8 Å². The summed E-state index contributed by atoms with van der Waals surface area (Å²) in [6.45, 7) is 2.95. The molecule has 1 aliphatic rings. The molecule has 0 radical (unpaired) electrons. The first-order chi connectivity index (χ1) is 11.0. The van der Waals surface area contributed by atoms with Crippen LogP contribution >= 0.6 is 22.6 Å². The van der Waals surface area contributed by atoms with Crippen molar-refractivity contribution >= 4 is 38.3 Å². The Hall–Kier alpha value is -1.48. The third-order valence-electron chi connectivity index (χ3n) is 3.46. The van der Waals surface area contributed by atoms with Gasteiger partial charge in [-0.3, -0.25) is 4.72 Å². The van der Waals surface area contributed by atoms with Gasteiger partial charge in [-0.15, -0.1) is 0 Å². The molecule has 5 nitrogen and oxygen atoms in total. The lowest BCUT2D eigenvalue weighted by molar-refractivity contribution is 0.297. The van der Waals surface area contributed by atoms with Crippen molar-refractivity contribution in [3.63, 3.8) is 0 Å². The molecule has 0 aliphatic carbocycles. The van der Waals surface area contributed by atoms with Gasteiger partial charge < -0.3 is 9.47 Å². The van der Waals surface area contributed by atoms with Crippen LogP contribution in [0.15, 0.2) is 41.3 Å². The van der Waals surface area contributed by atoms with Crippen LogP contribution in [0.1, 0.15) is 12.0 Å². The van der Waals surface area contributed by atoms with Gasteiger partial charge in [-0.2, -0.15) is 0 Å². The lowest BCUT2D eigenvalue weighted by Gasteiger charge is -2.13. The highest BCUT2D eigenvalue weighted by Gasteiger charge is 2.19. The molecule has 0 bridgehead atoms. The van der Waals surface area contributed by atoms with Crippen LogP contribution in [0.25, 0.3) is 0 Å². The molecular formula is C16H16INO4S. The van der Waals surface area contributed by atoms with Gasteiger partial charge in [-0.05, 0) is 65.4 Å². The van der Waals surface area contributed by atoms with Gasteiger partial charge >= 0.3 is 0 Å². The zero-order valence-electron chi connectivity index (χ0n) is 12.5. The lowest BCUT2D eigenvalue weighted by Crippen LogP contribution is -2.14. The third-order valence-corrected chi connectivity index (χ3v) is 5.50. The van der Waals surface area contributed by atoms with Crippen molar-refractivity contribution in [2.45, 2.75) is 18.2 Å². The van der Waals surface area contributed by atoms with Crippen LogP contribution in [-0.4, -0.2) is 21.6 Å². The number of rotatable bonds is 3. The summed E-state index contributed by atoms with van der Waals surface area (Å²) < 4.78 is 40.0. The molecule has 0 unspecified atom stereocenters. The Kier molecular flexibility index (Phi) is 4.67. The van der Waals surface area contributed by atoms with E-state index in [9.17, 15) is 8.42 Å². The molecule has 23 heavy (non-hydrogen) atoms. The molecule has 0 amide bonds. The first-order valence-electron chi connectivity index (χ1n) is 7.14. The molecule has 2 aromatic rings. The molecule has 7 heteroatoms. The zero-order chi connectivity index (χ0) is 16.4. The minimum absolute atomic E-state index is 0.153. The van der Waals surface area contributed by atoms with Crippen LogP contribution in [0.4, 0.5) is 5.69 Å². The molecular weight excluding hydrogens is 429 g/mol. The number of halogens is 1. The van der Waals surface area contributed by atoms with Crippen LogP contribution in [0.2, 0.25) is 0 Å². The number of aryl methyl sites for hydroxylation is 1. The molecule has 1 aliphatic heterocycles. The second-order valence-corrected chi connectivity index (χ2v) is 8.15. The molecule has 122 valence electrons. The quantitative estimate of drug-likeness (QED) is 0.735. The van der Waals surface area contributed by atoms with Gasteiger partial charge in [0.1, 0.15) is 0 Å². The van der Waals surface area contributed by atoms with Crippen LogP contribution in [-0.2, 0) is 10.0 Å². The smallest absolute Gasteiger partial charge is 0.262 e. The number of hydrogen-bond donors (Lipinski definition) is 1. The van der Waals surface area contributed by atoms with Crippen molar-refractivity contribution in [1.82, 2.24) is 0 Å². The number of sulfonamides is 1. The first kappa shape index (κ1) is 16.4. The summed E-state index contributed by atoms with van der Waals surface area (Å²) in [7, 11) is -3.68. The van der Waals surface area contributed by atoms with Crippen molar-refractivity contribution in [3.8, 4) is 11.5 Å². The summed E-state index contributed by atoms with van der Waals surface area (Å²) in [5.41, 5.74) is 1.44. The fourth-order valence-corrected chi connectivity index (χ4v) is 4.05. The maximum Gasteiger partial charge on any atom is 0.262 e. The Bertz CT molecular complexity index is 836. The maximum atomic E-state index is 12.6. The Morgan fingerprint density at radius 2 is 1.78 bits per heavy atom. The summed E-state index contributed by atoms with van der Waals surface area (Å²) >= 11 is 2.19. The fourth-order valence-electron chi connectivity index (χ4n) is 2.26. The average Bonchev–Trinajstić information content (AvgIpc) is 2.74. The molecule has 1 heterocycles. The van der Waals surface area contributed by atoms with Crippen LogP contribution in [0, 0.1) is 10.5 Å².